The summed E-state index contributed by atoms with van der Waals surface area (Å²) < 4.78 is 6.01. The van der Waals surface area contributed by atoms with Gasteiger partial charge in [0.2, 0.25) is 0 Å². The number of benzene rings is 1. The Bertz CT molecular complexity index is 1030. The molecular formula is C17H13ClN4O4. The maximum atomic E-state index is 12.3. The molecule has 0 atom stereocenters. The Morgan fingerprint density at radius 3 is 2.77 bits per heavy atom. The third-order valence-corrected chi connectivity index (χ3v) is 3.73. The molecule has 8 nitrogen and oxygen atoms in total. The van der Waals surface area contributed by atoms with Crippen molar-refractivity contribution in [1.29, 1.82) is 0 Å². The molecule has 1 N–H and O–H groups in total. The van der Waals surface area contributed by atoms with Gasteiger partial charge in [0.1, 0.15) is 6.54 Å². The summed E-state index contributed by atoms with van der Waals surface area (Å²) in [5.74, 6) is -1.31. The Morgan fingerprint density at radius 2 is 1.96 bits per heavy atom. The molecule has 2 heterocycles. The summed E-state index contributed by atoms with van der Waals surface area (Å²) >= 11 is 5.82. The minimum atomic E-state index is -0.739. The second-order valence-corrected chi connectivity index (χ2v) is 5.60. The monoisotopic (exact) mass is 372 g/mol. The van der Waals surface area contributed by atoms with E-state index >= 15 is 0 Å². The normalized spacial score (nSPS) is 10.5. The van der Waals surface area contributed by atoms with Gasteiger partial charge in [0.05, 0.1) is 22.9 Å². The Labute approximate surface area is 152 Å². The first kappa shape index (κ1) is 17.6. The Kier molecular flexibility index (Phi) is 5.23. The van der Waals surface area contributed by atoms with Crippen molar-refractivity contribution in [1.82, 2.24) is 14.5 Å². The minimum Gasteiger partial charge on any atom is -0.454 e. The first-order chi connectivity index (χ1) is 12.5. The van der Waals surface area contributed by atoms with Crippen LogP contribution < -0.4 is 10.9 Å². The van der Waals surface area contributed by atoms with Crippen molar-refractivity contribution in [2.45, 2.75) is 6.54 Å². The number of nitrogens with one attached hydrogen (secondary N) is 1. The van der Waals surface area contributed by atoms with Crippen molar-refractivity contribution in [3.63, 3.8) is 0 Å². The molecule has 0 saturated heterocycles. The molecule has 0 saturated carbocycles. The third kappa shape index (κ3) is 4.04. The van der Waals surface area contributed by atoms with Gasteiger partial charge >= 0.3 is 5.97 Å². The molecule has 0 radical (unpaired) electrons. The van der Waals surface area contributed by atoms with E-state index in [1.807, 2.05) is 0 Å². The SMILES string of the molecule is O=C(COC(=O)Cn1cnc2ccccc2c1=O)Nc1cccnc1Cl. The number of rotatable bonds is 5. The van der Waals surface area contributed by atoms with Crippen LogP contribution in [0, 0.1) is 0 Å². The lowest BCUT2D eigenvalue weighted by Gasteiger charge is -2.08. The number of hydrogen-bond acceptors (Lipinski definition) is 6. The van der Waals surface area contributed by atoms with E-state index in [4.69, 9.17) is 16.3 Å². The number of anilines is 1. The summed E-state index contributed by atoms with van der Waals surface area (Å²) in [5, 5.41) is 2.99. The van der Waals surface area contributed by atoms with Crippen molar-refractivity contribution < 1.29 is 14.3 Å². The lowest BCUT2D eigenvalue weighted by Crippen LogP contribution is -2.28. The van der Waals surface area contributed by atoms with Gasteiger partial charge in [-0.05, 0) is 24.3 Å². The maximum absolute atomic E-state index is 12.3. The number of nitrogens with zero attached hydrogens (tertiary/aromatic N) is 3. The topological polar surface area (TPSA) is 103 Å². The summed E-state index contributed by atoms with van der Waals surface area (Å²) in [5.41, 5.74) is 0.485. The molecule has 26 heavy (non-hydrogen) atoms. The Balaban J connectivity index is 1.59. The number of hydrogen-bond donors (Lipinski definition) is 1. The lowest BCUT2D eigenvalue weighted by molar-refractivity contribution is -0.147. The second-order valence-electron chi connectivity index (χ2n) is 5.25. The molecule has 1 amide bonds. The highest BCUT2D eigenvalue weighted by atomic mass is 35.5. The number of amides is 1. The summed E-state index contributed by atoms with van der Waals surface area (Å²) in [4.78, 5) is 43.9. The predicted molar refractivity (Wildman–Crippen MR) is 94.8 cm³/mol. The van der Waals surface area contributed by atoms with Gasteiger partial charge in [-0.3, -0.25) is 19.0 Å². The zero-order chi connectivity index (χ0) is 18.5. The van der Waals surface area contributed by atoms with Crippen LogP contribution in [0.4, 0.5) is 5.69 Å². The van der Waals surface area contributed by atoms with Crippen molar-refractivity contribution >= 4 is 40.1 Å². The van der Waals surface area contributed by atoms with E-state index in [9.17, 15) is 14.4 Å². The number of carbonyl (C=O) groups is 2. The van der Waals surface area contributed by atoms with Gasteiger partial charge < -0.3 is 10.1 Å². The van der Waals surface area contributed by atoms with E-state index in [1.54, 1.807) is 36.4 Å². The van der Waals surface area contributed by atoms with Crippen LogP contribution in [-0.2, 0) is 20.9 Å². The van der Waals surface area contributed by atoms with Gasteiger partial charge in [0.15, 0.2) is 11.8 Å². The number of para-hydroxylation sites is 1. The van der Waals surface area contributed by atoms with Crippen LogP contribution in [0.3, 0.4) is 0 Å². The second kappa shape index (κ2) is 7.75. The number of esters is 1. The van der Waals surface area contributed by atoms with Crippen LogP contribution in [0.2, 0.25) is 5.15 Å². The number of fused-ring (bicyclic) bond motifs is 1. The minimum absolute atomic E-state index is 0.126. The average molecular weight is 373 g/mol. The van der Waals surface area contributed by atoms with E-state index < -0.39 is 18.5 Å². The number of aromatic nitrogens is 3. The number of carbonyl (C=O) groups excluding carboxylic acids is 2. The molecule has 1 aromatic carbocycles. The van der Waals surface area contributed by atoms with Crippen LogP contribution in [0.25, 0.3) is 10.9 Å². The smallest absolute Gasteiger partial charge is 0.326 e. The van der Waals surface area contributed by atoms with Gasteiger partial charge in [-0.25, -0.2) is 9.97 Å². The van der Waals surface area contributed by atoms with Crippen LogP contribution in [0.5, 0.6) is 0 Å². The fourth-order valence-electron chi connectivity index (χ4n) is 2.22. The van der Waals surface area contributed by atoms with Gasteiger partial charge in [0.25, 0.3) is 11.5 Å². The van der Waals surface area contributed by atoms with Crippen molar-refractivity contribution in [3.8, 4) is 0 Å². The molecule has 0 unspecified atom stereocenters. The summed E-state index contributed by atoms with van der Waals surface area (Å²) in [6.07, 6.45) is 2.74. The molecule has 3 aromatic rings. The molecule has 0 fully saturated rings. The van der Waals surface area contributed by atoms with E-state index in [1.165, 1.54) is 12.5 Å². The van der Waals surface area contributed by atoms with Crippen LogP contribution >= 0.6 is 11.6 Å². The number of halogens is 1. The molecule has 2 aromatic heterocycles. The molecule has 0 bridgehead atoms. The predicted octanol–water partition coefficient (Wildman–Crippen LogP) is 1.63. The fourth-order valence-corrected chi connectivity index (χ4v) is 2.38. The zero-order valence-electron chi connectivity index (χ0n) is 13.4. The molecule has 0 aliphatic heterocycles. The highest BCUT2D eigenvalue weighted by molar-refractivity contribution is 6.32. The van der Waals surface area contributed by atoms with Gasteiger partial charge in [-0.2, -0.15) is 0 Å². The van der Waals surface area contributed by atoms with E-state index in [0.29, 0.717) is 16.6 Å². The Hall–Kier alpha value is -3.26. The van der Waals surface area contributed by atoms with Crippen LogP contribution in [0.15, 0.2) is 53.7 Å². The molecule has 0 spiro atoms. The number of ether oxygens (including phenoxy) is 1. The number of pyridine rings is 1. The van der Waals surface area contributed by atoms with Gasteiger partial charge in [-0.15, -0.1) is 0 Å². The quantitative estimate of drug-likeness (QED) is 0.539. The lowest BCUT2D eigenvalue weighted by atomic mass is 10.2. The van der Waals surface area contributed by atoms with Crippen molar-refractivity contribution in [2.24, 2.45) is 0 Å². The molecular weight excluding hydrogens is 360 g/mol. The maximum Gasteiger partial charge on any atom is 0.326 e. The van der Waals surface area contributed by atoms with E-state index in [-0.39, 0.29) is 17.3 Å². The fraction of sp³-hybridized carbons (Fsp3) is 0.118. The van der Waals surface area contributed by atoms with Crippen LogP contribution in [-0.4, -0.2) is 33.0 Å². The first-order valence-corrected chi connectivity index (χ1v) is 7.92. The zero-order valence-corrected chi connectivity index (χ0v) is 14.1. The molecule has 0 aliphatic rings. The Morgan fingerprint density at radius 1 is 1.15 bits per heavy atom. The van der Waals surface area contributed by atoms with Crippen LogP contribution in [0.1, 0.15) is 0 Å². The standard InChI is InChI=1S/C17H13ClN4O4/c18-16-13(6-3-7-19-16)21-14(23)9-26-15(24)8-22-10-20-12-5-2-1-4-11(12)17(22)25/h1-7,10H,8-9H2,(H,21,23). The van der Waals surface area contributed by atoms with E-state index in [2.05, 4.69) is 15.3 Å². The van der Waals surface area contributed by atoms with Crippen molar-refractivity contribution in [3.05, 3.63) is 64.4 Å². The molecule has 3 rings (SSSR count). The first-order valence-electron chi connectivity index (χ1n) is 7.55. The molecule has 0 aliphatic carbocycles. The summed E-state index contributed by atoms with van der Waals surface area (Å²) in [7, 11) is 0. The van der Waals surface area contributed by atoms with E-state index in [0.717, 1.165) is 4.57 Å². The summed E-state index contributed by atoms with van der Waals surface area (Å²) in [6.45, 7) is -0.864. The largest absolute Gasteiger partial charge is 0.454 e. The average Bonchev–Trinajstić information content (AvgIpc) is 2.64. The van der Waals surface area contributed by atoms with Gasteiger partial charge in [0, 0.05) is 6.20 Å². The summed E-state index contributed by atoms with van der Waals surface area (Å²) in [6, 6.07) is 9.97. The third-order valence-electron chi connectivity index (χ3n) is 3.43. The highest BCUT2D eigenvalue weighted by Gasteiger charge is 2.12. The molecule has 132 valence electrons. The van der Waals surface area contributed by atoms with Gasteiger partial charge in [-0.1, -0.05) is 23.7 Å². The highest BCUT2D eigenvalue weighted by Crippen LogP contribution is 2.17. The van der Waals surface area contributed by atoms with Crippen molar-refractivity contribution in [2.75, 3.05) is 11.9 Å². The molecule has 9 heteroatoms.